The van der Waals surface area contributed by atoms with Crippen LogP contribution in [0.2, 0.25) is 5.15 Å². The number of nitrogens with zero attached hydrogens (tertiary/aromatic N) is 4. The molecule has 1 aliphatic heterocycles. The summed E-state index contributed by atoms with van der Waals surface area (Å²) >= 11 is 5.83. The molecule has 1 saturated heterocycles. The Morgan fingerprint density at radius 3 is 2.70 bits per heavy atom. The monoisotopic (exact) mass is 342 g/mol. The van der Waals surface area contributed by atoms with Crippen molar-refractivity contribution in [3.8, 4) is 11.9 Å². The van der Waals surface area contributed by atoms with E-state index >= 15 is 0 Å². The summed E-state index contributed by atoms with van der Waals surface area (Å²) in [5, 5.41) is 0.0670. The minimum Gasteiger partial charge on any atom is -0.480 e. The van der Waals surface area contributed by atoms with E-state index in [0.717, 1.165) is 6.42 Å². The van der Waals surface area contributed by atoms with Crippen molar-refractivity contribution in [1.29, 1.82) is 0 Å². The molecule has 0 N–H and O–H groups in total. The van der Waals surface area contributed by atoms with Gasteiger partial charge in [0, 0.05) is 19.7 Å². The lowest BCUT2D eigenvalue weighted by atomic mass is 10.2. The Morgan fingerprint density at radius 1 is 1.13 bits per heavy atom. The van der Waals surface area contributed by atoms with Crippen LogP contribution >= 0.6 is 11.6 Å². The van der Waals surface area contributed by atoms with Gasteiger partial charge < -0.3 is 19.1 Å². The Balaban J connectivity index is 2.27. The molecule has 0 saturated carbocycles. The fraction of sp³-hybridized carbons (Fsp3) is 0.500. The Morgan fingerprint density at radius 2 is 1.96 bits per heavy atom. The predicted octanol–water partition coefficient (Wildman–Crippen LogP) is 2.06. The van der Waals surface area contributed by atoms with Crippen molar-refractivity contribution in [2.24, 2.45) is 0 Å². The van der Waals surface area contributed by atoms with Gasteiger partial charge in [-0.05, 0) is 6.42 Å². The molecule has 0 unspecified atom stereocenters. The van der Waals surface area contributed by atoms with Crippen LogP contribution in [0.15, 0.2) is 0 Å². The van der Waals surface area contributed by atoms with Gasteiger partial charge in [0.25, 0.3) is 0 Å². The van der Waals surface area contributed by atoms with Crippen molar-refractivity contribution in [2.45, 2.75) is 6.42 Å². The number of hydrogen-bond donors (Lipinski definition) is 0. The van der Waals surface area contributed by atoms with Crippen molar-refractivity contribution in [3.05, 3.63) is 11.0 Å². The van der Waals surface area contributed by atoms with Crippen molar-refractivity contribution in [3.63, 3.8) is 0 Å². The molecule has 0 atom stereocenters. The van der Waals surface area contributed by atoms with E-state index < -0.39 is 5.82 Å². The second-order valence-electron chi connectivity index (χ2n) is 4.94. The average Bonchev–Trinajstić information content (AvgIpc) is 2.86. The van der Waals surface area contributed by atoms with Gasteiger partial charge in [-0.1, -0.05) is 11.6 Å². The maximum Gasteiger partial charge on any atom is 0.318 e. The second-order valence-corrected chi connectivity index (χ2v) is 5.29. The smallest absolute Gasteiger partial charge is 0.318 e. The third-order valence-electron chi connectivity index (χ3n) is 3.57. The van der Waals surface area contributed by atoms with Crippen LogP contribution < -0.4 is 14.4 Å². The molecule has 2 aromatic rings. The fourth-order valence-corrected chi connectivity index (χ4v) is 2.67. The molecule has 1 aliphatic rings. The van der Waals surface area contributed by atoms with Crippen LogP contribution in [-0.2, 0) is 4.74 Å². The summed E-state index contributed by atoms with van der Waals surface area (Å²) in [5.74, 6) is -0.0537. The van der Waals surface area contributed by atoms with Gasteiger partial charge in [-0.25, -0.2) is 4.39 Å². The third-order valence-corrected chi connectivity index (χ3v) is 3.82. The van der Waals surface area contributed by atoms with Crippen molar-refractivity contribution in [2.75, 3.05) is 45.4 Å². The highest BCUT2D eigenvalue weighted by molar-refractivity contribution is 6.30. The van der Waals surface area contributed by atoms with E-state index in [0.29, 0.717) is 37.5 Å². The molecular formula is C14H16ClFN4O3. The van der Waals surface area contributed by atoms with Crippen LogP contribution in [0.4, 0.5) is 10.2 Å². The van der Waals surface area contributed by atoms with E-state index in [1.807, 2.05) is 4.90 Å². The molecule has 0 aromatic carbocycles. The molecule has 9 heteroatoms. The first kappa shape index (κ1) is 15.9. The zero-order chi connectivity index (χ0) is 16.4. The molecule has 0 amide bonds. The van der Waals surface area contributed by atoms with Crippen LogP contribution in [0.5, 0.6) is 11.9 Å². The molecule has 1 fully saturated rings. The molecule has 2 aromatic heterocycles. The molecular weight excluding hydrogens is 327 g/mol. The number of hydrogen-bond acceptors (Lipinski definition) is 7. The molecule has 7 nitrogen and oxygen atoms in total. The summed E-state index contributed by atoms with van der Waals surface area (Å²) in [6.45, 7) is 2.55. The highest BCUT2D eigenvalue weighted by Crippen LogP contribution is 2.36. The summed E-state index contributed by atoms with van der Waals surface area (Å²) in [5.41, 5.74) is 0.0221. The van der Waals surface area contributed by atoms with Crippen molar-refractivity contribution in [1.82, 2.24) is 15.0 Å². The number of halogens is 2. The third kappa shape index (κ3) is 2.96. The maximum atomic E-state index is 14.4. The minimum atomic E-state index is -0.726. The SMILES string of the molecule is COc1nc(N2CCCOCC2)c2c(OC)nc(Cl)c(F)c2n1. The van der Waals surface area contributed by atoms with Crippen molar-refractivity contribution < 1.29 is 18.6 Å². The van der Waals surface area contributed by atoms with Crippen LogP contribution in [0.25, 0.3) is 10.9 Å². The number of fused-ring (bicyclic) bond motifs is 1. The summed E-state index contributed by atoms with van der Waals surface area (Å²) in [7, 11) is 2.87. The number of pyridine rings is 1. The molecule has 0 bridgehead atoms. The van der Waals surface area contributed by atoms with Crippen LogP contribution in [0.1, 0.15) is 6.42 Å². The molecule has 124 valence electrons. The second kappa shape index (κ2) is 6.67. The zero-order valence-corrected chi connectivity index (χ0v) is 13.6. The van der Waals surface area contributed by atoms with Gasteiger partial charge in [0.05, 0.1) is 20.8 Å². The summed E-state index contributed by atoms with van der Waals surface area (Å²) in [4.78, 5) is 14.4. The van der Waals surface area contributed by atoms with Gasteiger partial charge in [-0.3, -0.25) is 0 Å². The lowest BCUT2D eigenvalue weighted by Crippen LogP contribution is -2.27. The van der Waals surface area contributed by atoms with E-state index in [4.69, 9.17) is 25.8 Å². The highest BCUT2D eigenvalue weighted by atomic mass is 35.5. The number of rotatable bonds is 3. The van der Waals surface area contributed by atoms with Gasteiger partial charge in [-0.15, -0.1) is 0 Å². The Labute approximate surface area is 137 Å². The summed E-state index contributed by atoms with van der Waals surface area (Å²) < 4.78 is 30.2. The van der Waals surface area contributed by atoms with E-state index in [-0.39, 0.29) is 22.6 Å². The standard InChI is InChI=1S/C14H16ClFN4O3/c1-21-13-8-10(9(16)11(15)18-13)17-14(22-2)19-12(8)20-4-3-6-23-7-5-20/h3-7H2,1-2H3. The zero-order valence-electron chi connectivity index (χ0n) is 12.8. The predicted molar refractivity (Wildman–Crippen MR) is 83.1 cm³/mol. The van der Waals surface area contributed by atoms with E-state index in [9.17, 15) is 4.39 Å². The van der Waals surface area contributed by atoms with Gasteiger partial charge >= 0.3 is 6.01 Å². The normalized spacial score (nSPS) is 15.6. The first-order valence-electron chi connectivity index (χ1n) is 7.13. The number of ether oxygens (including phenoxy) is 3. The first-order valence-corrected chi connectivity index (χ1v) is 7.51. The first-order chi connectivity index (χ1) is 11.2. The Kier molecular flexibility index (Phi) is 4.63. The summed E-state index contributed by atoms with van der Waals surface area (Å²) in [6.07, 6.45) is 0.833. The summed E-state index contributed by atoms with van der Waals surface area (Å²) in [6, 6.07) is 0.0564. The molecule has 0 radical (unpaired) electrons. The van der Waals surface area contributed by atoms with E-state index in [1.54, 1.807) is 0 Å². The van der Waals surface area contributed by atoms with Gasteiger partial charge in [0.2, 0.25) is 5.88 Å². The van der Waals surface area contributed by atoms with Crippen LogP contribution in [-0.4, -0.2) is 55.5 Å². The van der Waals surface area contributed by atoms with Gasteiger partial charge in [0.15, 0.2) is 11.0 Å². The van der Waals surface area contributed by atoms with Gasteiger partial charge in [-0.2, -0.15) is 15.0 Å². The Bertz CT molecular complexity index is 723. The van der Waals surface area contributed by atoms with Crippen molar-refractivity contribution >= 4 is 28.3 Å². The minimum absolute atomic E-state index is 0.0221. The van der Waals surface area contributed by atoms with Crippen LogP contribution in [0.3, 0.4) is 0 Å². The molecule has 23 heavy (non-hydrogen) atoms. The number of aromatic nitrogens is 3. The Hall–Kier alpha value is -1.93. The highest BCUT2D eigenvalue weighted by Gasteiger charge is 2.24. The van der Waals surface area contributed by atoms with Crippen LogP contribution in [0, 0.1) is 5.82 Å². The fourth-order valence-electron chi connectivity index (χ4n) is 2.50. The molecule has 3 heterocycles. The van der Waals surface area contributed by atoms with E-state index in [1.165, 1.54) is 14.2 Å². The average molecular weight is 343 g/mol. The quantitative estimate of drug-likeness (QED) is 0.791. The van der Waals surface area contributed by atoms with Gasteiger partial charge in [0.1, 0.15) is 16.7 Å². The molecule has 0 aliphatic carbocycles. The lowest BCUT2D eigenvalue weighted by molar-refractivity contribution is 0.152. The topological polar surface area (TPSA) is 69.6 Å². The number of methoxy groups -OCH3 is 2. The lowest BCUT2D eigenvalue weighted by Gasteiger charge is -2.23. The molecule has 3 rings (SSSR count). The molecule has 0 spiro atoms. The number of anilines is 1. The maximum absolute atomic E-state index is 14.4. The largest absolute Gasteiger partial charge is 0.480 e. The van der Waals surface area contributed by atoms with E-state index in [2.05, 4.69) is 15.0 Å².